The van der Waals surface area contributed by atoms with Crippen molar-refractivity contribution in [2.75, 3.05) is 26.0 Å². The Bertz CT molecular complexity index is 1770. The molecular formula is C27H23ClFN5O4S2. The fraction of sp³-hybridized carbons (Fsp3) is 0.222. The van der Waals surface area contributed by atoms with Gasteiger partial charge < -0.3 is 15.0 Å². The summed E-state index contributed by atoms with van der Waals surface area (Å²) in [5, 5.41) is 6.40. The number of ether oxygens (including phenoxy) is 1. The minimum absolute atomic E-state index is 0.0177. The summed E-state index contributed by atoms with van der Waals surface area (Å²) in [6.45, 7) is 0.537. The Balaban J connectivity index is 1.32. The summed E-state index contributed by atoms with van der Waals surface area (Å²) in [6, 6.07) is 10.9. The molecule has 0 spiro atoms. The molecule has 0 radical (unpaired) electrons. The van der Waals surface area contributed by atoms with Crippen LogP contribution in [0.4, 0.5) is 20.7 Å². The van der Waals surface area contributed by atoms with E-state index < -0.39 is 15.7 Å². The van der Waals surface area contributed by atoms with Crippen LogP contribution >= 0.6 is 22.9 Å². The molecule has 5 rings (SSSR count). The summed E-state index contributed by atoms with van der Waals surface area (Å²) in [7, 11) is -0.735. The van der Waals surface area contributed by atoms with Gasteiger partial charge in [0.05, 0.1) is 35.9 Å². The average Bonchev–Trinajstić information content (AvgIpc) is 3.54. The zero-order valence-corrected chi connectivity index (χ0v) is 23.7. The lowest BCUT2D eigenvalue weighted by Gasteiger charge is -2.15. The van der Waals surface area contributed by atoms with E-state index in [2.05, 4.69) is 32.4 Å². The molecule has 9 nitrogen and oxygen atoms in total. The van der Waals surface area contributed by atoms with E-state index in [1.54, 1.807) is 20.2 Å². The molecule has 40 heavy (non-hydrogen) atoms. The van der Waals surface area contributed by atoms with Gasteiger partial charge in [0.1, 0.15) is 18.2 Å². The maximum absolute atomic E-state index is 13.6. The van der Waals surface area contributed by atoms with Crippen molar-refractivity contribution in [1.29, 1.82) is 0 Å². The first-order chi connectivity index (χ1) is 19.1. The molecule has 13 heteroatoms. The molecule has 3 heterocycles. The molecule has 1 aliphatic heterocycles. The van der Waals surface area contributed by atoms with E-state index in [9.17, 15) is 17.6 Å². The smallest absolute Gasteiger partial charge is 0.409 e. The maximum Gasteiger partial charge on any atom is 0.409 e. The summed E-state index contributed by atoms with van der Waals surface area (Å²) >= 11 is 7.76. The molecule has 1 aliphatic rings. The Labute approximate surface area is 239 Å². The van der Waals surface area contributed by atoms with E-state index in [0.29, 0.717) is 30.0 Å². The molecule has 2 aromatic heterocycles. The van der Waals surface area contributed by atoms with Crippen LogP contribution in [0.1, 0.15) is 11.3 Å². The number of thiophene rings is 1. The third-order valence-electron chi connectivity index (χ3n) is 5.99. The number of nitrogens with zero attached hydrogens (tertiary/aromatic N) is 3. The molecule has 0 aliphatic carbocycles. The number of carbonyl (C=O) groups excluding carboxylic acids is 1. The highest BCUT2D eigenvalue weighted by molar-refractivity contribution is 7.91. The highest BCUT2D eigenvalue weighted by atomic mass is 35.5. The van der Waals surface area contributed by atoms with Crippen LogP contribution in [-0.2, 0) is 14.6 Å². The van der Waals surface area contributed by atoms with Crippen LogP contribution in [0.25, 0.3) is 10.2 Å². The van der Waals surface area contributed by atoms with Gasteiger partial charge in [0.15, 0.2) is 5.82 Å². The quantitative estimate of drug-likeness (QED) is 0.313. The minimum atomic E-state index is -4.01. The van der Waals surface area contributed by atoms with Crippen molar-refractivity contribution in [3.8, 4) is 11.8 Å². The van der Waals surface area contributed by atoms with Gasteiger partial charge >= 0.3 is 6.09 Å². The van der Waals surface area contributed by atoms with Gasteiger partial charge in [-0.1, -0.05) is 29.5 Å². The molecule has 1 amide bonds. The lowest BCUT2D eigenvalue weighted by molar-refractivity contribution is 0.0826. The Hall–Kier alpha value is -3.76. The lowest BCUT2D eigenvalue weighted by Crippen LogP contribution is -2.29. The van der Waals surface area contributed by atoms with Crippen molar-refractivity contribution < 1.29 is 22.3 Å². The standard InChI is InChI=1S/C27H23ClFN5O4S2/c1-34(2)27(35)38-19-11-17(30-14-19)6-8-20-13-23-25(39-20)26(32-15-31-23)33-18-7-9-24(22(28)12-18)40(36,37)21-5-3-4-16(29)10-21/h3-5,7,9-10,12-13,15,17,19,30H,11,14H2,1-2H3,(H,31,32,33). The molecule has 206 valence electrons. The summed E-state index contributed by atoms with van der Waals surface area (Å²) < 4.78 is 45.7. The van der Waals surface area contributed by atoms with E-state index in [1.165, 1.54) is 52.9 Å². The number of sulfone groups is 1. The van der Waals surface area contributed by atoms with Gasteiger partial charge in [-0.3, -0.25) is 5.32 Å². The molecule has 1 fully saturated rings. The molecule has 0 saturated carbocycles. The number of fused-ring (bicyclic) bond motifs is 1. The third-order valence-corrected chi connectivity index (χ3v) is 9.28. The Morgan fingerprint density at radius 2 is 2.05 bits per heavy atom. The second-order valence-corrected chi connectivity index (χ2v) is 12.5. The number of halogens is 2. The van der Waals surface area contributed by atoms with Crippen molar-refractivity contribution >= 4 is 60.6 Å². The number of carbonyl (C=O) groups is 1. The summed E-state index contributed by atoms with van der Waals surface area (Å²) in [6.07, 6.45) is 1.39. The number of nitrogens with one attached hydrogen (secondary N) is 2. The number of anilines is 2. The van der Waals surface area contributed by atoms with Gasteiger partial charge in [-0.05, 0) is 42.5 Å². The second kappa shape index (κ2) is 11.4. The monoisotopic (exact) mass is 599 g/mol. The second-order valence-electron chi connectivity index (χ2n) is 9.14. The molecule has 2 N–H and O–H groups in total. The van der Waals surface area contributed by atoms with Gasteiger partial charge in [0, 0.05) is 32.7 Å². The van der Waals surface area contributed by atoms with Crippen molar-refractivity contribution in [2.24, 2.45) is 0 Å². The lowest BCUT2D eigenvalue weighted by atomic mass is 10.2. The zero-order valence-electron chi connectivity index (χ0n) is 21.3. The van der Waals surface area contributed by atoms with E-state index in [4.69, 9.17) is 16.3 Å². The van der Waals surface area contributed by atoms with Crippen molar-refractivity contribution in [3.05, 3.63) is 70.6 Å². The number of aromatic nitrogens is 2. The summed E-state index contributed by atoms with van der Waals surface area (Å²) in [5.41, 5.74) is 1.21. The zero-order chi connectivity index (χ0) is 28.4. The van der Waals surface area contributed by atoms with Crippen molar-refractivity contribution in [3.63, 3.8) is 0 Å². The molecule has 0 bridgehead atoms. The van der Waals surface area contributed by atoms with Crippen molar-refractivity contribution in [2.45, 2.75) is 28.4 Å². The van der Waals surface area contributed by atoms with Crippen LogP contribution in [0, 0.1) is 17.7 Å². The van der Waals surface area contributed by atoms with Gasteiger partial charge in [-0.2, -0.15) is 0 Å². The van der Waals surface area contributed by atoms with Gasteiger partial charge in [-0.15, -0.1) is 11.3 Å². The first kappa shape index (κ1) is 27.8. The predicted molar refractivity (Wildman–Crippen MR) is 151 cm³/mol. The average molecular weight is 600 g/mol. The van der Waals surface area contributed by atoms with Crippen LogP contribution < -0.4 is 10.6 Å². The van der Waals surface area contributed by atoms with Crippen LogP contribution in [0.2, 0.25) is 5.02 Å². The highest BCUT2D eigenvalue weighted by Gasteiger charge is 2.26. The van der Waals surface area contributed by atoms with Gasteiger partial charge in [0.2, 0.25) is 9.84 Å². The van der Waals surface area contributed by atoms with E-state index in [0.717, 1.165) is 15.6 Å². The normalized spacial score (nSPS) is 16.8. The molecule has 4 aromatic rings. The van der Waals surface area contributed by atoms with E-state index >= 15 is 0 Å². The maximum atomic E-state index is 13.6. The molecule has 2 atom stereocenters. The van der Waals surface area contributed by atoms with Crippen LogP contribution in [0.15, 0.2) is 64.6 Å². The van der Waals surface area contributed by atoms with E-state index in [-0.39, 0.29) is 33.1 Å². The SMILES string of the molecule is CN(C)C(=O)OC1CNC(C#Cc2cc3ncnc(Nc4ccc(S(=O)(=O)c5cccc(F)c5)c(Cl)c4)c3s2)C1. The highest BCUT2D eigenvalue weighted by Crippen LogP contribution is 2.34. The number of hydrogen-bond donors (Lipinski definition) is 2. The molecule has 2 aromatic carbocycles. The molecular weight excluding hydrogens is 577 g/mol. The van der Waals surface area contributed by atoms with Crippen LogP contribution in [-0.4, -0.2) is 62.2 Å². The fourth-order valence-electron chi connectivity index (χ4n) is 4.01. The Morgan fingerprint density at radius 1 is 1.23 bits per heavy atom. The third kappa shape index (κ3) is 6.03. The number of rotatable bonds is 5. The molecule has 2 unspecified atom stereocenters. The number of hydrogen-bond acceptors (Lipinski definition) is 9. The topological polar surface area (TPSA) is 114 Å². The van der Waals surface area contributed by atoms with Gasteiger partial charge in [-0.25, -0.2) is 27.6 Å². The first-order valence-corrected chi connectivity index (χ1v) is 14.7. The van der Waals surface area contributed by atoms with Crippen LogP contribution in [0.3, 0.4) is 0 Å². The van der Waals surface area contributed by atoms with Gasteiger partial charge in [0.25, 0.3) is 0 Å². The number of amides is 1. The number of benzene rings is 2. The summed E-state index contributed by atoms with van der Waals surface area (Å²) in [4.78, 5) is 22.3. The minimum Gasteiger partial charge on any atom is -0.445 e. The fourth-order valence-corrected chi connectivity index (χ4v) is 6.75. The first-order valence-electron chi connectivity index (χ1n) is 12.0. The molecule has 1 saturated heterocycles. The van der Waals surface area contributed by atoms with Crippen molar-refractivity contribution in [1.82, 2.24) is 20.2 Å². The van der Waals surface area contributed by atoms with Crippen LogP contribution in [0.5, 0.6) is 0 Å². The predicted octanol–water partition coefficient (Wildman–Crippen LogP) is 4.84. The largest absolute Gasteiger partial charge is 0.445 e. The summed E-state index contributed by atoms with van der Waals surface area (Å²) in [5.74, 6) is 6.20. The van der Waals surface area contributed by atoms with E-state index in [1.807, 2.05) is 6.07 Å². The Morgan fingerprint density at radius 3 is 2.80 bits per heavy atom. The Kier molecular flexibility index (Phi) is 7.91.